The van der Waals surface area contributed by atoms with Crippen LogP contribution in [0.3, 0.4) is 0 Å². The molecule has 0 atom stereocenters. The molecule has 188 valence electrons. The Labute approximate surface area is 210 Å². The van der Waals surface area contributed by atoms with E-state index < -0.39 is 0 Å². The number of hydrogen-bond acceptors (Lipinski definition) is 3. The Morgan fingerprint density at radius 3 is 2.71 bits per heavy atom. The first kappa shape index (κ1) is 25.3. The zero-order valence-corrected chi connectivity index (χ0v) is 21.3. The number of hydrogen-bond donors (Lipinski definition) is 1. The van der Waals surface area contributed by atoms with Crippen LogP contribution >= 0.6 is 0 Å². The van der Waals surface area contributed by atoms with Crippen molar-refractivity contribution in [2.24, 2.45) is 5.92 Å². The molecule has 3 aromatic rings. The molecule has 0 spiro atoms. The van der Waals surface area contributed by atoms with Crippen molar-refractivity contribution in [3.8, 4) is 5.75 Å². The molecule has 0 radical (unpaired) electrons. The Morgan fingerprint density at radius 1 is 1.00 bits per heavy atom. The second-order valence-electron chi connectivity index (χ2n) is 9.98. The second-order valence-corrected chi connectivity index (χ2v) is 9.98. The summed E-state index contributed by atoms with van der Waals surface area (Å²) < 4.78 is 8.32. The molecule has 1 heterocycles. The number of carbonyl (C=O) groups is 1. The van der Waals surface area contributed by atoms with E-state index in [1.54, 1.807) is 0 Å². The molecular weight excluding hydrogens is 434 g/mol. The fraction of sp³-hybridized carbons (Fsp3) is 0.533. The number of nitrogens with zero attached hydrogens (tertiary/aromatic N) is 2. The second kappa shape index (κ2) is 13.3. The molecule has 0 aliphatic heterocycles. The van der Waals surface area contributed by atoms with Crippen molar-refractivity contribution in [2.45, 2.75) is 84.1 Å². The molecule has 0 unspecified atom stereocenters. The molecule has 1 N–H and O–H groups in total. The van der Waals surface area contributed by atoms with Gasteiger partial charge in [-0.2, -0.15) is 0 Å². The van der Waals surface area contributed by atoms with Crippen molar-refractivity contribution < 1.29 is 9.53 Å². The van der Waals surface area contributed by atoms with Crippen LogP contribution in [0.5, 0.6) is 5.75 Å². The number of unbranched alkanes of at least 4 members (excludes halogenated alkanes) is 3. The van der Waals surface area contributed by atoms with Gasteiger partial charge in [-0.3, -0.25) is 4.79 Å². The highest BCUT2D eigenvalue weighted by Crippen LogP contribution is 2.23. The number of amides is 1. The van der Waals surface area contributed by atoms with Gasteiger partial charge in [-0.15, -0.1) is 0 Å². The number of carbonyl (C=O) groups excluding carboxylic acids is 1. The topological polar surface area (TPSA) is 56.1 Å². The van der Waals surface area contributed by atoms with Gasteiger partial charge in [0.05, 0.1) is 17.6 Å². The van der Waals surface area contributed by atoms with Crippen LogP contribution in [-0.2, 0) is 17.8 Å². The third-order valence-electron chi connectivity index (χ3n) is 7.12. The first-order chi connectivity index (χ1) is 17.2. The van der Waals surface area contributed by atoms with Gasteiger partial charge < -0.3 is 14.6 Å². The fourth-order valence-corrected chi connectivity index (χ4v) is 5.14. The summed E-state index contributed by atoms with van der Waals surface area (Å²) in [5.74, 6) is 2.66. The molecule has 1 aromatic heterocycles. The van der Waals surface area contributed by atoms with Gasteiger partial charge in [0.15, 0.2) is 0 Å². The molecule has 1 aliphatic carbocycles. The number of fused-ring (bicyclic) bond motifs is 1. The third kappa shape index (κ3) is 7.58. The Hall–Kier alpha value is -2.82. The smallest absolute Gasteiger partial charge is 0.223 e. The minimum atomic E-state index is 0.255. The highest BCUT2D eigenvalue weighted by molar-refractivity contribution is 5.78. The maximum atomic E-state index is 12.3. The highest BCUT2D eigenvalue weighted by Gasteiger charge is 2.20. The molecule has 1 fully saturated rings. The molecule has 0 bridgehead atoms. The minimum Gasteiger partial charge on any atom is -0.494 e. The lowest BCUT2D eigenvalue weighted by atomic mass is 9.89. The normalized spacial score (nSPS) is 14.3. The molecule has 5 nitrogen and oxygen atoms in total. The minimum absolute atomic E-state index is 0.255. The summed E-state index contributed by atoms with van der Waals surface area (Å²) in [6.07, 6.45) is 12.1. The number of imidazole rings is 1. The summed E-state index contributed by atoms with van der Waals surface area (Å²) in [7, 11) is 0. The number of ether oxygens (including phenoxy) is 1. The van der Waals surface area contributed by atoms with Crippen LogP contribution in [-0.4, -0.2) is 28.6 Å². The lowest BCUT2D eigenvalue weighted by Crippen LogP contribution is -2.32. The zero-order valence-electron chi connectivity index (χ0n) is 21.3. The quantitative estimate of drug-likeness (QED) is 0.283. The number of nitrogens with one attached hydrogen (secondary N) is 1. The molecule has 1 aliphatic rings. The van der Waals surface area contributed by atoms with E-state index in [0.29, 0.717) is 0 Å². The Bertz CT molecular complexity index is 1070. The molecule has 5 heteroatoms. The molecule has 1 saturated carbocycles. The SMILES string of the molecule is Cc1cccc(OCCCCn2c(CCCCCNC(=O)C3CCCCC3)nc3ccccc32)c1. The number of benzene rings is 2. The lowest BCUT2D eigenvalue weighted by Gasteiger charge is -2.20. The van der Waals surface area contributed by atoms with Gasteiger partial charge in [0.2, 0.25) is 5.91 Å². The maximum absolute atomic E-state index is 12.3. The van der Waals surface area contributed by atoms with Gasteiger partial charge in [-0.25, -0.2) is 4.98 Å². The molecule has 35 heavy (non-hydrogen) atoms. The predicted molar refractivity (Wildman–Crippen MR) is 143 cm³/mol. The van der Waals surface area contributed by atoms with E-state index in [9.17, 15) is 4.79 Å². The predicted octanol–water partition coefficient (Wildman–Crippen LogP) is 6.61. The van der Waals surface area contributed by atoms with Gasteiger partial charge in [-0.1, -0.05) is 49.9 Å². The monoisotopic (exact) mass is 475 g/mol. The highest BCUT2D eigenvalue weighted by atomic mass is 16.5. The number of para-hydroxylation sites is 2. The molecule has 2 aromatic carbocycles. The van der Waals surface area contributed by atoms with Crippen molar-refractivity contribution in [3.05, 3.63) is 59.9 Å². The van der Waals surface area contributed by atoms with Crippen molar-refractivity contribution in [2.75, 3.05) is 13.2 Å². The van der Waals surface area contributed by atoms with E-state index in [-0.39, 0.29) is 11.8 Å². The zero-order chi connectivity index (χ0) is 24.3. The summed E-state index contributed by atoms with van der Waals surface area (Å²) in [5.41, 5.74) is 3.53. The van der Waals surface area contributed by atoms with Crippen LogP contribution < -0.4 is 10.1 Å². The average Bonchev–Trinajstić information content (AvgIpc) is 3.23. The van der Waals surface area contributed by atoms with E-state index in [0.717, 1.165) is 82.3 Å². The third-order valence-corrected chi connectivity index (χ3v) is 7.12. The van der Waals surface area contributed by atoms with Gasteiger partial charge in [0, 0.05) is 25.4 Å². The summed E-state index contributed by atoms with van der Waals surface area (Å²) in [5, 5.41) is 3.17. The van der Waals surface area contributed by atoms with Gasteiger partial charge in [0.25, 0.3) is 0 Å². The Balaban J connectivity index is 1.20. The summed E-state index contributed by atoms with van der Waals surface area (Å²) in [6, 6.07) is 16.7. The fourth-order valence-electron chi connectivity index (χ4n) is 5.14. The van der Waals surface area contributed by atoms with Crippen LogP contribution in [0, 0.1) is 12.8 Å². The van der Waals surface area contributed by atoms with Crippen molar-refractivity contribution in [1.29, 1.82) is 0 Å². The van der Waals surface area contributed by atoms with E-state index >= 15 is 0 Å². The Morgan fingerprint density at radius 2 is 1.86 bits per heavy atom. The molecular formula is C30H41N3O2. The number of rotatable bonds is 13. The van der Waals surface area contributed by atoms with Crippen molar-refractivity contribution in [3.63, 3.8) is 0 Å². The molecule has 0 saturated heterocycles. The largest absolute Gasteiger partial charge is 0.494 e. The lowest BCUT2D eigenvalue weighted by molar-refractivity contribution is -0.125. The summed E-state index contributed by atoms with van der Waals surface area (Å²) in [6.45, 7) is 4.58. The molecule has 4 rings (SSSR count). The Kier molecular flexibility index (Phi) is 9.62. The van der Waals surface area contributed by atoms with Crippen molar-refractivity contribution >= 4 is 16.9 Å². The average molecular weight is 476 g/mol. The van der Waals surface area contributed by atoms with E-state index in [4.69, 9.17) is 9.72 Å². The summed E-state index contributed by atoms with van der Waals surface area (Å²) in [4.78, 5) is 17.2. The van der Waals surface area contributed by atoms with E-state index in [1.165, 1.54) is 36.2 Å². The van der Waals surface area contributed by atoms with E-state index in [2.05, 4.69) is 53.2 Å². The molecule has 1 amide bonds. The van der Waals surface area contributed by atoms with Gasteiger partial charge >= 0.3 is 0 Å². The van der Waals surface area contributed by atoms with Gasteiger partial charge in [0.1, 0.15) is 11.6 Å². The first-order valence-corrected chi connectivity index (χ1v) is 13.6. The number of aryl methyl sites for hydroxylation is 3. The maximum Gasteiger partial charge on any atom is 0.223 e. The number of aromatic nitrogens is 2. The van der Waals surface area contributed by atoms with Crippen LogP contribution in [0.15, 0.2) is 48.5 Å². The van der Waals surface area contributed by atoms with Gasteiger partial charge in [-0.05, 0) is 75.3 Å². The van der Waals surface area contributed by atoms with E-state index in [1.807, 2.05) is 12.1 Å². The van der Waals surface area contributed by atoms with Crippen LogP contribution in [0.25, 0.3) is 11.0 Å². The van der Waals surface area contributed by atoms with Crippen LogP contribution in [0.4, 0.5) is 0 Å². The van der Waals surface area contributed by atoms with Crippen LogP contribution in [0.1, 0.15) is 75.6 Å². The van der Waals surface area contributed by atoms with Crippen LogP contribution in [0.2, 0.25) is 0 Å². The first-order valence-electron chi connectivity index (χ1n) is 13.6. The summed E-state index contributed by atoms with van der Waals surface area (Å²) >= 11 is 0. The standard InChI is InChI=1S/C30H41N3O2/c1-24-13-12-16-26(23-24)35-22-11-10-21-33-28-18-8-7-17-27(28)32-29(33)19-6-3-9-20-31-30(34)25-14-4-2-5-15-25/h7-8,12-13,16-18,23,25H,2-6,9-11,14-15,19-22H2,1H3,(H,31,34). The van der Waals surface area contributed by atoms with Crippen molar-refractivity contribution in [1.82, 2.24) is 14.9 Å².